The molecule has 0 saturated carbocycles. The summed E-state index contributed by atoms with van der Waals surface area (Å²) in [6.45, 7) is 8.76. The number of phenols is 2. The van der Waals surface area contributed by atoms with Gasteiger partial charge in [-0.3, -0.25) is 0 Å². The summed E-state index contributed by atoms with van der Waals surface area (Å²) >= 11 is 0. The molecule has 0 aliphatic heterocycles. The summed E-state index contributed by atoms with van der Waals surface area (Å²) in [6, 6.07) is 3.69. The van der Waals surface area contributed by atoms with Crippen LogP contribution in [0.2, 0.25) is 0 Å². The molecule has 0 unspecified atom stereocenters. The van der Waals surface area contributed by atoms with Crippen LogP contribution in [0.1, 0.15) is 70.4 Å². The first kappa shape index (κ1) is 16.9. The van der Waals surface area contributed by atoms with Crippen molar-refractivity contribution in [1.82, 2.24) is 0 Å². The van der Waals surface area contributed by atoms with Gasteiger partial charge in [0.05, 0.1) is 0 Å². The zero-order valence-electron chi connectivity index (χ0n) is 14.4. The average molecular weight is 302 g/mol. The van der Waals surface area contributed by atoms with Crippen LogP contribution in [0.25, 0.3) is 0 Å². The molecule has 2 heteroatoms. The number of aryl methyl sites for hydroxylation is 1. The Labute approximate surface area is 134 Å². The van der Waals surface area contributed by atoms with Crippen molar-refractivity contribution in [2.24, 2.45) is 11.8 Å². The van der Waals surface area contributed by atoms with Crippen LogP contribution < -0.4 is 0 Å². The van der Waals surface area contributed by atoms with Crippen molar-refractivity contribution in [2.45, 2.75) is 65.7 Å². The van der Waals surface area contributed by atoms with Crippen molar-refractivity contribution in [3.8, 4) is 11.5 Å². The molecule has 1 aliphatic rings. The Morgan fingerprint density at radius 2 is 1.82 bits per heavy atom. The molecule has 0 spiro atoms. The monoisotopic (exact) mass is 302 g/mol. The van der Waals surface area contributed by atoms with Crippen LogP contribution >= 0.6 is 0 Å². The smallest absolute Gasteiger partial charge is 0.123 e. The molecule has 22 heavy (non-hydrogen) atoms. The van der Waals surface area contributed by atoms with E-state index in [0.717, 1.165) is 43.2 Å². The number of hydrogen-bond donors (Lipinski definition) is 2. The number of phenolic OH excluding ortho intramolecular Hbond substituents is 2. The van der Waals surface area contributed by atoms with E-state index in [2.05, 4.69) is 33.8 Å². The lowest BCUT2D eigenvalue weighted by atomic mass is 9.71. The highest BCUT2D eigenvalue weighted by Gasteiger charge is 2.31. The molecule has 0 radical (unpaired) electrons. The van der Waals surface area contributed by atoms with Crippen LogP contribution in [-0.2, 0) is 6.42 Å². The summed E-state index contributed by atoms with van der Waals surface area (Å²) in [7, 11) is 0. The van der Waals surface area contributed by atoms with Gasteiger partial charge >= 0.3 is 0 Å². The highest BCUT2D eigenvalue weighted by molar-refractivity contribution is 5.51. The molecule has 2 nitrogen and oxygen atoms in total. The number of rotatable bonds is 5. The van der Waals surface area contributed by atoms with Crippen molar-refractivity contribution >= 4 is 0 Å². The van der Waals surface area contributed by atoms with Gasteiger partial charge in [-0.2, -0.15) is 0 Å². The predicted molar refractivity (Wildman–Crippen MR) is 92.4 cm³/mol. The SMILES string of the molecule is CCCCc1cc(O)c([C@@H]2C=C(C)CC[C@H]2C(C)C)c(O)c1. The maximum Gasteiger partial charge on any atom is 0.123 e. The first-order valence-corrected chi connectivity index (χ1v) is 8.66. The highest BCUT2D eigenvalue weighted by Crippen LogP contribution is 2.46. The van der Waals surface area contributed by atoms with Gasteiger partial charge in [0.25, 0.3) is 0 Å². The molecule has 0 amide bonds. The van der Waals surface area contributed by atoms with Crippen LogP contribution in [0.5, 0.6) is 11.5 Å². The Bertz CT molecular complexity index is 520. The standard InChI is InChI=1S/C20H30O2/c1-5-6-7-15-11-18(21)20(19(22)12-15)17-10-14(4)8-9-16(17)13(2)3/h10-13,16-17,21-22H,5-9H2,1-4H3/t16-,17+/m0/s1. The second-order valence-electron chi connectivity index (χ2n) is 7.14. The molecule has 0 heterocycles. The third kappa shape index (κ3) is 3.66. The van der Waals surface area contributed by atoms with Crippen LogP contribution in [0, 0.1) is 11.8 Å². The van der Waals surface area contributed by atoms with Crippen molar-refractivity contribution < 1.29 is 10.2 Å². The summed E-state index contributed by atoms with van der Waals surface area (Å²) < 4.78 is 0. The Balaban J connectivity index is 2.39. The van der Waals surface area contributed by atoms with E-state index in [1.807, 2.05) is 12.1 Å². The molecular formula is C20H30O2. The maximum atomic E-state index is 10.5. The number of benzene rings is 1. The minimum Gasteiger partial charge on any atom is -0.507 e. The van der Waals surface area contributed by atoms with Gasteiger partial charge in [0.2, 0.25) is 0 Å². The molecule has 2 N–H and O–H groups in total. The van der Waals surface area contributed by atoms with Gasteiger partial charge in [-0.15, -0.1) is 0 Å². The average Bonchev–Trinajstić information content (AvgIpc) is 2.44. The van der Waals surface area contributed by atoms with Crippen LogP contribution in [0.15, 0.2) is 23.8 Å². The molecule has 0 bridgehead atoms. The molecular weight excluding hydrogens is 272 g/mol. The normalized spacial score (nSPS) is 22.0. The summed E-state index contributed by atoms with van der Waals surface area (Å²) in [5, 5.41) is 21.0. The van der Waals surface area contributed by atoms with Crippen LogP contribution in [-0.4, -0.2) is 10.2 Å². The second-order valence-corrected chi connectivity index (χ2v) is 7.14. The zero-order chi connectivity index (χ0) is 16.3. The molecule has 1 aliphatic carbocycles. The fourth-order valence-corrected chi connectivity index (χ4v) is 3.68. The highest BCUT2D eigenvalue weighted by atomic mass is 16.3. The maximum absolute atomic E-state index is 10.5. The second kappa shape index (κ2) is 7.21. The first-order chi connectivity index (χ1) is 10.4. The number of aromatic hydroxyl groups is 2. The van der Waals surface area contributed by atoms with E-state index >= 15 is 0 Å². The molecule has 2 atom stereocenters. The Hall–Kier alpha value is -1.44. The Morgan fingerprint density at radius 3 is 2.36 bits per heavy atom. The van der Waals surface area contributed by atoms with Crippen molar-refractivity contribution in [3.63, 3.8) is 0 Å². The van der Waals surface area contributed by atoms with Crippen LogP contribution in [0.3, 0.4) is 0 Å². The lowest BCUT2D eigenvalue weighted by molar-refractivity contribution is 0.304. The van der Waals surface area contributed by atoms with Crippen molar-refractivity contribution in [1.29, 1.82) is 0 Å². The molecule has 0 aromatic heterocycles. The third-order valence-electron chi connectivity index (χ3n) is 5.00. The fourth-order valence-electron chi connectivity index (χ4n) is 3.68. The molecule has 0 fully saturated rings. The number of hydrogen-bond acceptors (Lipinski definition) is 2. The lowest BCUT2D eigenvalue weighted by Gasteiger charge is -2.33. The predicted octanol–water partition coefficient (Wildman–Crippen LogP) is 5.54. The van der Waals surface area contributed by atoms with Gasteiger partial charge in [-0.05, 0) is 62.1 Å². The third-order valence-corrected chi connectivity index (χ3v) is 5.00. The molecule has 2 rings (SSSR count). The fraction of sp³-hybridized carbons (Fsp3) is 0.600. The molecule has 0 saturated heterocycles. The topological polar surface area (TPSA) is 40.5 Å². The molecule has 1 aromatic rings. The first-order valence-electron chi connectivity index (χ1n) is 8.66. The van der Waals surface area contributed by atoms with Gasteiger partial charge in [-0.1, -0.05) is 38.8 Å². The minimum absolute atomic E-state index is 0.119. The minimum atomic E-state index is 0.119. The summed E-state index contributed by atoms with van der Waals surface area (Å²) in [6.07, 6.45) is 7.59. The summed E-state index contributed by atoms with van der Waals surface area (Å²) in [5.41, 5.74) is 3.10. The van der Waals surface area contributed by atoms with E-state index in [0.29, 0.717) is 11.8 Å². The largest absolute Gasteiger partial charge is 0.507 e. The Morgan fingerprint density at radius 1 is 1.18 bits per heavy atom. The van der Waals surface area contributed by atoms with E-state index in [9.17, 15) is 10.2 Å². The van der Waals surface area contributed by atoms with Gasteiger partial charge in [0.15, 0.2) is 0 Å². The van der Waals surface area contributed by atoms with E-state index in [-0.39, 0.29) is 17.4 Å². The molecule has 122 valence electrons. The van der Waals surface area contributed by atoms with E-state index in [1.165, 1.54) is 5.57 Å². The van der Waals surface area contributed by atoms with Crippen molar-refractivity contribution in [2.75, 3.05) is 0 Å². The van der Waals surface area contributed by atoms with Crippen LogP contribution in [0.4, 0.5) is 0 Å². The summed E-state index contributed by atoms with van der Waals surface area (Å²) in [5.74, 6) is 1.64. The number of unbranched alkanes of at least 4 members (excludes halogenated alkanes) is 1. The zero-order valence-corrected chi connectivity index (χ0v) is 14.4. The van der Waals surface area contributed by atoms with E-state index < -0.39 is 0 Å². The van der Waals surface area contributed by atoms with E-state index in [1.54, 1.807) is 0 Å². The lowest BCUT2D eigenvalue weighted by Crippen LogP contribution is -2.21. The van der Waals surface area contributed by atoms with E-state index in [4.69, 9.17) is 0 Å². The summed E-state index contributed by atoms with van der Waals surface area (Å²) in [4.78, 5) is 0. The van der Waals surface area contributed by atoms with Gasteiger partial charge in [0.1, 0.15) is 11.5 Å². The van der Waals surface area contributed by atoms with Gasteiger partial charge < -0.3 is 10.2 Å². The Kier molecular flexibility index (Phi) is 5.55. The van der Waals surface area contributed by atoms with Crippen molar-refractivity contribution in [3.05, 3.63) is 34.9 Å². The quantitative estimate of drug-likeness (QED) is 0.701. The molecule has 1 aromatic carbocycles. The number of allylic oxidation sites excluding steroid dienone is 2. The van der Waals surface area contributed by atoms with Gasteiger partial charge in [0, 0.05) is 11.5 Å². The van der Waals surface area contributed by atoms with Gasteiger partial charge in [-0.25, -0.2) is 0 Å².